The van der Waals surface area contributed by atoms with Gasteiger partial charge in [-0.05, 0) is 37.3 Å². The molecule has 0 spiro atoms. The number of ether oxygens (including phenoxy) is 2. The summed E-state index contributed by atoms with van der Waals surface area (Å²) in [6.07, 6.45) is -4.00. The van der Waals surface area contributed by atoms with E-state index in [1.807, 2.05) is 0 Å². The second-order valence-electron chi connectivity index (χ2n) is 7.39. The number of rotatable bonds is 7. The van der Waals surface area contributed by atoms with E-state index in [-0.39, 0.29) is 45.8 Å². The molecule has 1 heterocycles. The highest BCUT2D eigenvalue weighted by molar-refractivity contribution is 6.33. The lowest BCUT2D eigenvalue weighted by atomic mass is 10.1. The Labute approximate surface area is 209 Å². The van der Waals surface area contributed by atoms with E-state index in [2.05, 4.69) is 9.94 Å². The number of anilines is 1. The van der Waals surface area contributed by atoms with Gasteiger partial charge in [0.25, 0.3) is 5.91 Å². The SMILES string of the molecule is COc1cccc(C(=O)N(OC(=O)C(F)(F)F)c2ccc(OCCN)c(-c3c(Cl)cnn3C)c2)c1C. The van der Waals surface area contributed by atoms with Crippen molar-refractivity contribution < 1.29 is 37.1 Å². The van der Waals surface area contributed by atoms with E-state index < -0.39 is 18.1 Å². The molecule has 36 heavy (non-hydrogen) atoms. The van der Waals surface area contributed by atoms with E-state index in [0.29, 0.717) is 17.0 Å². The monoisotopic (exact) mass is 526 g/mol. The average Bonchev–Trinajstić information content (AvgIpc) is 3.17. The molecule has 2 N–H and O–H groups in total. The number of carbonyl (C=O) groups is 2. The Kier molecular flexibility index (Phi) is 8.10. The number of alkyl halides is 3. The number of nitrogens with zero attached hydrogens (tertiary/aromatic N) is 3. The van der Waals surface area contributed by atoms with Crippen LogP contribution < -0.4 is 20.3 Å². The van der Waals surface area contributed by atoms with Crippen LogP contribution in [0.3, 0.4) is 0 Å². The second kappa shape index (κ2) is 10.9. The maximum Gasteiger partial charge on any atom is 0.493 e. The number of hydrogen-bond acceptors (Lipinski definition) is 7. The lowest BCUT2D eigenvalue weighted by molar-refractivity contribution is -0.199. The van der Waals surface area contributed by atoms with Crippen LogP contribution in [0.4, 0.5) is 18.9 Å². The lowest BCUT2D eigenvalue weighted by Crippen LogP contribution is -2.39. The van der Waals surface area contributed by atoms with Crippen molar-refractivity contribution in [3.8, 4) is 22.8 Å². The number of benzene rings is 2. The van der Waals surface area contributed by atoms with E-state index in [1.54, 1.807) is 20.0 Å². The minimum absolute atomic E-state index is 0.0482. The zero-order valence-corrected chi connectivity index (χ0v) is 20.2. The minimum atomic E-state index is -5.36. The van der Waals surface area contributed by atoms with Crippen LogP contribution in [0.25, 0.3) is 11.3 Å². The molecule has 0 unspecified atom stereocenters. The van der Waals surface area contributed by atoms with Crippen molar-refractivity contribution in [3.63, 3.8) is 0 Å². The first-order chi connectivity index (χ1) is 17.0. The molecule has 0 saturated carbocycles. The van der Waals surface area contributed by atoms with Crippen LogP contribution in [-0.4, -0.2) is 48.1 Å². The number of carbonyl (C=O) groups excluding carboxylic acids is 2. The van der Waals surface area contributed by atoms with Gasteiger partial charge in [0.1, 0.15) is 18.1 Å². The number of amides is 1. The van der Waals surface area contributed by atoms with Gasteiger partial charge in [-0.3, -0.25) is 9.48 Å². The summed E-state index contributed by atoms with van der Waals surface area (Å²) in [6, 6.07) is 8.37. The van der Waals surface area contributed by atoms with Gasteiger partial charge in [0, 0.05) is 30.3 Å². The molecular weight excluding hydrogens is 505 g/mol. The number of nitrogens with two attached hydrogens (primary N) is 1. The van der Waals surface area contributed by atoms with Crippen LogP contribution in [0.2, 0.25) is 5.02 Å². The molecule has 1 amide bonds. The Bertz CT molecular complexity index is 1260. The van der Waals surface area contributed by atoms with Crippen LogP contribution in [0, 0.1) is 6.92 Å². The molecule has 2 aromatic carbocycles. The average molecular weight is 527 g/mol. The number of methoxy groups -OCH3 is 1. The Balaban J connectivity index is 2.19. The highest BCUT2D eigenvalue weighted by Gasteiger charge is 2.44. The Hall–Kier alpha value is -3.77. The van der Waals surface area contributed by atoms with Gasteiger partial charge in [-0.2, -0.15) is 18.3 Å². The molecular formula is C23H22ClF3N4O5. The molecule has 0 radical (unpaired) electrons. The van der Waals surface area contributed by atoms with Gasteiger partial charge >= 0.3 is 12.1 Å². The fraction of sp³-hybridized carbons (Fsp3) is 0.261. The standard InChI is InChI=1S/C23H22ClF3N4O5/c1-13-15(5-4-6-18(13)34-3)21(32)31(36-22(33)23(25,26)27)14-7-8-19(35-10-9-28)16(11-14)20-17(24)12-29-30(20)2/h4-8,11-12H,9-10,28H2,1-3H3. The smallest absolute Gasteiger partial charge is 0.493 e. The molecule has 0 bridgehead atoms. The Morgan fingerprint density at radius 1 is 1.19 bits per heavy atom. The molecule has 0 fully saturated rings. The van der Waals surface area contributed by atoms with E-state index in [4.69, 9.17) is 26.8 Å². The first-order valence-electron chi connectivity index (χ1n) is 10.4. The molecule has 3 aromatic rings. The molecule has 0 aliphatic heterocycles. The molecule has 3 rings (SSSR count). The van der Waals surface area contributed by atoms with Gasteiger partial charge in [0.2, 0.25) is 0 Å². The van der Waals surface area contributed by atoms with Gasteiger partial charge in [0.15, 0.2) is 0 Å². The van der Waals surface area contributed by atoms with Crippen LogP contribution in [0.15, 0.2) is 42.6 Å². The van der Waals surface area contributed by atoms with Crippen LogP contribution in [0.5, 0.6) is 11.5 Å². The van der Waals surface area contributed by atoms with Gasteiger partial charge in [-0.15, -0.1) is 5.06 Å². The van der Waals surface area contributed by atoms with Gasteiger partial charge in [-0.1, -0.05) is 17.7 Å². The molecule has 0 aliphatic carbocycles. The van der Waals surface area contributed by atoms with E-state index in [0.717, 1.165) is 0 Å². The maximum absolute atomic E-state index is 13.4. The highest BCUT2D eigenvalue weighted by Crippen LogP contribution is 2.38. The van der Waals surface area contributed by atoms with Crippen LogP contribution in [0.1, 0.15) is 15.9 Å². The van der Waals surface area contributed by atoms with Crippen molar-refractivity contribution >= 4 is 29.2 Å². The Morgan fingerprint density at radius 2 is 1.92 bits per heavy atom. The van der Waals surface area contributed by atoms with Crippen molar-refractivity contribution in [3.05, 3.63) is 58.7 Å². The predicted octanol–water partition coefficient (Wildman–Crippen LogP) is 4.06. The van der Waals surface area contributed by atoms with Crippen molar-refractivity contribution in [2.75, 3.05) is 25.3 Å². The largest absolute Gasteiger partial charge is 0.496 e. The number of hydrogen-bond donors (Lipinski definition) is 1. The minimum Gasteiger partial charge on any atom is -0.496 e. The lowest BCUT2D eigenvalue weighted by Gasteiger charge is -2.24. The van der Waals surface area contributed by atoms with Crippen molar-refractivity contribution in [2.45, 2.75) is 13.1 Å². The van der Waals surface area contributed by atoms with E-state index in [9.17, 15) is 22.8 Å². The number of aromatic nitrogens is 2. The molecule has 0 saturated heterocycles. The summed E-state index contributed by atoms with van der Waals surface area (Å²) in [7, 11) is 2.97. The predicted molar refractivity (Wildman–Crippen MR) is 125 cm³/mol. The quantitative estimate of drug-likeness (QED) is 0.462. The van der Waals surface area contributed by atoms with Crippen molar-refractivity contribution in [1.29, 1.82) is 0 Å². The summed E-state index contributed by atoms with van der Waals surface area (Å²) in [5, 5.41) is 4.53. The van der Waals surface area contributed by atoms with Gasteiger partial charge < -0.3 is 20.0 Å². The summed E-state index contributed by atoms with van der Waals surface area (Å²) in [5.74, 6) is -3.04. The first-order valence-corrected chi connectivity index (χ1v) is 10.8. The van der Waals surface area contributed by atoms with E-state index in [1.165, 1.54) is 48.3 Å². The van der Waals surface area contributed by atoms with E-state index >= 15 is 0 Å². The first kappa shape index (κ1) is 26.8. The van der Waals surface area contributed by atoms with Crippen molar-refractivity contribution in [1.82, 2.24) is 9.78 Å². The molecule has 192 valence electrons. The summed E-state index contributed by atoms with van der Waals surface area (Å²) < 4.78 is 51.6. The summed E-state index contributed by atoms with van der Waals surface area (Å²) >= 11 is 6.28. The summed E-state index contributed by atoms with van der Waals surface area (Å²) in [6.45, 7) is 1.85. The normalized spacial score (nSPS) is 11.2. The van der Waals surface area contributed by atoms with Gasteiger partial charge in [0.05, 0.1) is 29.7 Å². The fourth-order valence-corrected chi connectivity index (χ4v) is 3.63. The zero-order valence-electron chi connectivity index (χ0n) is 19.4. The third-order valence-corrected chi connectivity index (χ3v) is 5.32. The zero-order chi connectivity index (χ0) is 26.6. The topological polar surface area (TPSA) is 109 Å². The molecule has 13 heteroatoms. The maximum atomic E-state index is 13.4. The summed E-state index contributed by atoms with van der Waals surface area (Å²) in [4.78, 5) is 29.8. The third-order valence-electron chi connectivity index (χ3n) is 5.05. The number of aryl methyl sites for hydroxylation is 1. The molecule has 0 atom stereocenters. The van der Waals surface area contributed by atoms with Crippen molar-refractivity contribution in [2.24, 2.45) is 12.8 Å². The fourth-order valence-electron chi connectivity index (χ4n) is 3.36. The van der Waals surface area contributed by atoms with Crippen LogP contribution >= 0.6 is 11.6 Å². The Morgan fingerprint density at radius 3 is 2.50 bits per heavy atom. The molecule has 9 nitrogen and oxygen atoms in total. The highest BCUT2D eigenvalue weighted by atomic mass is 35.5. The number of halogens is 4. The molecule has 0 aliphatic rings. The van der Waals surface area contributed by atoms with Gasteiger partial charge in [-0.25, -0.2) is 4.79 Å². The number of hydroxylamine groups is 1. The summed E-state index contributed by atoms with van der Waals surface area (Å²) in [5.41, 5.74) is 6.22. The molecule has 1 aromatic heterocycles. The third kappa shape index (κ3) is 5.55. The van der Waals surface area contributed by atoms with Crippen LogP contribution in [-0.2, 0) is 16.7 Å². The second-order valence-corrected chi connectivity index (χ2v) is 7.80.